The number of hydrogen-bond acceptors (Lipinski definition) is 5. The summed E-state index contributed by atoms with van der Waals surface area (Å²) < 4.78 is 36.2. The van der Waals surface area contributed by atoms with E-state index in [1.165, 1.54) is 10.6 Å². The van der Waals surface area contributed by atoms with Crippen molar-refractivity contribution >= 4 is 21.6 Å². The predicted molar refractivity (Wildman–Crippen MR) is 109 cm³/mol. The highest BCUT2D eigenvalue weighted by molar-refractivity contribution is 7.92. The Labute approximate surface area is 166 Å². The number of rotatable bonds is 10. The second kappa shape index (κ2) is 10.1. The number of nitrogens with one attached hydrogen (secondary N) is 1. The zero-order chi connectivity index (χ0) is 20.6. The van der Waals surface area contributed by atoms with E-state index in [1.54, 1.807) is 55.6 Å². The number of nitrogens with zero attached hydrogens (tertiary/aromatic N) is 1. The van der Waals surface area contributed by atoms with Crippen LogP contribution in [0.2, 0.25) is 0 Å². The molecule has 2 rings (SSSR count). The van der Waals surface area contributed by atoms with Crippen molar-refractivity contribution in [3.8, 4) is 5.75 Å². The average molecular weight is 407 g/mol. The average Bonchev–Trinajstić information content (AvgIpc) is 2.67. The molecule has 0 aliphatic heterocycles. The molecule has 0 spiro atoms. The summed E-state index contributed by atoms with van der Waals surface area (Å²) in [5.41, 5.74) is 1.83. The maximum atomic E-state index is 12.3. The van der Waals surface area contributed by atoms with Crippen molar-refractivity contribution in [1.29, 1.82) is 0 Å². The number of benzene rings is 2. The van der Waals surface area contributed by atoms with Crippen LogP contribution in [0.1, 0.15) is 22.8 Å². The maximum absolute atomic E-state index is 12.3. The van der Waals surface area contributed by atoms with Gasteiger partial charge in [0.05, 0.1) is 31.7 Å². The van der Waals surface area contributed by atoms with Gasteiger partial charge in [0, 0.05) is 19.2 Å². The molecule has 0 saturated carbocycles. The summed E-state index contributed by atoms with van der Waals surface area (Å²) in [6.07, 6.45) is 1.17. The molecule has 0 fully saturated rings. The Kier molecular flexibility index (Phi) is 7.83. The molecule has 0 heterocycles. The van der Waals surface area contributed by atoms with E-state index in [2.05, 4.69) is 5.32 Å². The summed E-state index contributed by atoms with van der Waals surface area (Å²) in [5, 5.41) is 2.74. The fraction of sp³-hybridized carbons (Fsp3) is 0.350. The van der Waals surface area contributed by atoms with Gasteiger partial charge in [0.2, 0.25) is 10.0 Å². The molecule has 8 heteroatoms. The van der Waals surface area contributed by atoms with Crippen LogP contribution in [0, 0.1) is 0 Å². The quantitative estimate of drug-likeness (QED) is 0.613. The molecule has 7 nitrogen and oxygen atoms in total. The molecule has 2 aromatic rings. The van der Waals surface area contributed by atoms with Crippen LogP contribution < -0.4 is 14.4 Å². The lowest BCUT2D eigenvalue weighted by molar-refractivity contribution is 0.0937. The molecule has 152 valence electrons. The van der Waals surface area contributed by atoms with Gasteiger partial charge >= 0.3 is 0 Å². The van der Waals surface area contributed by atoms with E-state index in [9.17, 15) is 13.2 Å². The topological polar surface area (TPSA) is 84.9 Å². The molecule has 0 aromatic heterocycles. The summed E-state index contributed by atoms with van der Waals surface area (Å²) in [4.78, 5) is 12.0. The molecule has 0 radical (unpaired) electrons. The minimum atomic E-state index is -3.48. The van der Waals surface area contributed by atoms with Gasteiger partial charge in [-0.15, -0.1) is 0 Å². The van der Waals surface area contributed by atoms with Crippen LogP contribution in [-0.2, 0) is 21.3 Å². The number of carbonyl (C=O) groups is 1. The number of carbonyl (C=O) groups excluding carboxylic acids is 1. The number of sulfonamides is 1. The monoisotopic (exact) mass is 406 g/mol. The summed E-state index contributed by atoms with van der Waals surface area (Å²) in [5.74, 6) is 0.485. The van der Waals surface area contributed by atoms with Crippen molar-refractivity contribution in [1.82, 2.24) is 5.32 Å². The fourth-order valence-corrected chi connectivity index (χ4v) is 3.46. The molecule has 28 heavy (non-hydrogen) atoms. The molecule has 0 bridgehead atoms. The van der Waals surface area contributed by atoms with Gasteiger partial charge in [0.1, 0.15) is 5.75 Å². The summed E-state index contributed by atoms with van der Waals surface area (Å²) >= 11 is 0. The Hall–Kier alpha value is -2.58. The van der Waals surface area contributed by atoms with Crippen LogP contribution in [0.3, 0.4) is 0 Å². The van der Waals surface area contributed by atoms with Crippen LogP contribution in [0.5, 0.6) is 5.75 Å². The van der Waals surface area contributed by atoms with E-state index in [0.717, 1.165) is 5.56 Å². The summed E-state index contributed by atoms with van der Waals surface area (Å²) in [6.45, 7) is 3.46. The lowest BCUT2D eigenvalue weighted by Gasteiger charge is -2.23. The normalized spacial score (nSPS) is 11.1. The first-order valence-corrected chi connectivity index (χ1v) is 10.8. The first kappa shape index (κ1) is 21.7. The highest BCUT2D eigenvalue weighted by Crippen LogP contribution is 2.24. The van der Waals surface area contributed by atoms with Crippen molar-refractivity contribution in [2.45, 2.75) is 13.5 Å². The number of hydrogen-bond donors (Lipinski definition) is 1. The smallest absolute Gasteiger partial charge is 0.251 e. The number of ether oxygens (including phenoxy) is 2. The third kappa shape index (κ3) is 6.24. The minimum absolute atomic E-state index is 0.165. The molecule has 0 aliphatic rings. The Morgan fingerprint density at radius 3 is 2.25 bits per heavy atom. The van der Waals surface area contributed by atoms with Gasteiger partial charge in [-0.2, -0.15) is 0 Å². The summed E-state index contributed by atoms with van der Waals surface area (Å²) in [7, 11) is -1.92. The third-order valence-electron chi connectivity index (χ3n) is 3.97. The van der Waals surface area contributed by atoms with E-state index in [4.69, 9.17) is 9.47 Å². The lowest BCUT2D eigenvalue weighted by Crippen LogP contribution is -2.29. The Morgan fingerprint density at radius 2 is 1.71 bits per heavy atom. The van der Waals surface area contributed by atoms with Crippen molar-refractivity contribution < 1.29 is 22.7 Å². The van der Waals surface area contributed by atoms with Crippen LogP contribution in [0.25, 0.3) is 0 Å². The Bertz CT molecular complexity index is 864. The third-order valence-corrected chi connectivity index (χ3v) is 5.11. The molecular formula is C20H26N2O5S. The lowest BCUT2D eigenvalue weighted by atomic mass is 10.1. The molecule has 0 aliphatic carbocycles. The SMILES string of the molecule is CCOc1ccc(N(Cc2ccc(C(=O)NCCOC)cc2)S(C)(=O)=O)cc1. The number of amides is 1. The molecule has 1 amide bonds. The fourth-order valence-electron chi connectivity index (χ4n) is 2.57. The first-order valence-electron chi connectivity index (χ1n) is 8.91. The van der Waals surface area contributed by atoms with Gasteiger partial charge < -0.3 is 14.8 Å². The van der Waals surface area contributed by atoms with Crippen LogP contribution in [0.15, 0.2) is 48.5 Å². The van der Waals surface area contributed by atoms with E-state index < -0.39 is 10.0 Å². The highest BCUT2D eigenvalue weighted by atomic mass is 32.2. The maximum Gasteiger partial charge on any atom is 0.251 e. The zero-order valence-electron chi connectivity index (χ0n) is 16.3. The molecule has 1 N–H and O–H groups in total. The van der Waals surface area contributed by atoms with E-state index >= 15 is 0 Å². The van der Waals surface area contributed by atoms with Crippen molar-refractivity contribution in [3.05, 3.63) is 59.7 Å². The van der Waals surface area contributed by atoms with Crippen LogP contribution in [0.4, 0.5) is 5.69 Å². The van der Waals surface area contributed by atoms with Crippen LogP contribution in [-0.4, -0.2) is 47.4 Å². The van der Waals surface area contributed by atoms with Crippen molar-refractivity contribution in [2.75, 3.05) is 37.4 Å². The molecule has 2 aromatic carbocycles. The van der Waals surface area contributed by atoms with E-state index in [1.807, 2.05) is 6.92 Å². The van der Waals surface area contributed by atoms with E-state index in [0.29, 0.717) is 36.8 Å². The van der Waals surface area contributed by atoms with E-state index in [-0.39, 0.29) is 12.5 Å². The highest BCUT2D eigenvalue weighted by Gasteiger charge is 2.18. The zero-order valence-corrected chi connectivity index (χ0v) is 17.2. The minimum Gasteiger partial charge on any atom is -0.494 e. The van der Waals surface area contributed by atoms with Gasteiger partial charge in [-0.05, 0) is 48.9 Å². The number of anilines is 1. The van der Waals surface area contributed by atoms with Crippen molar-refractivity contribution in [3.63, 3.8) is 0 Å². The standard InChI is InChI=1S/C20H26N2O5S/c1-4-27-19-11-9-18(10-12-19)22(28(3,24)25)15-16-5-7-17(8-6-16)20(23)21-13-14-26-2/h5-12H,4,13-15H2,1-3H3,(H,21,23). The largest absolute Gasteiger partial charge is 0.494 e. The Balaban J connectivity index is 2.13. The molecule has 0 atom stereocenters. The Morgan fingerprint density at radius 1 is 1.07 bits per heavy atom. The van der Waals surface area contributed by atoms with Gasteiger partial charge in [-0.25, -0.2) is 8.42 Å². The number of methoxy groups -OCH3 is 1. The van der Waals surface area contributed by atoms with Gasteiger partial charge in [-0.1, -0.05) is 12.1 Å². The first-order chi connectivity index (χ1) is 13.3. The molecule has 0 saturated heterocycles. The van der Waals surface area contributed by atoms with Gasteiger partial charge in [0.15, 0.2) is 0 Å². The molecular weight excluding hydrogens is 380 g/mol. The van der Waals surface area contributed by atoms with Crippen LogP contribution >= 0.6 is 0 Å². The van der Waals surface area contributed by atoms with Gasteiger partial charge in [0.25, 0.3) is 5.91 Å². The second-order valence-corrected chi connectivity index (χ2v) is 8.05. The summed E-state index contributed by atoms with van der Waals surface area (Å²) in [6, 6.07) is 13.8. The second-order valence-electron chi connectivity index (χ2n) is 6.14. The molecule has 0 unspecified atom stereocenters. The predicted octanol–water partition coefficient (Wildman–Crippen LogP) is 2.43. The van der Waals surface area contributed by atoms with Gasteiger partial charge in [-0.3, -0.25) is 9.10 Å². The van der Waals surface area contributed by atoms with Crippen molar-refractivity contribution in [2.24, 2.45) is 0 Å².